The second-order valence-electron chi connectivity index (χ2n) is 5.19. The average Bonchev–Trinajstić information content (AvgIpc) is 2.37. The maximum Gasteiger partial charge on any atom is 0.251 e. The summed E-state index contributed by atoms with van der Waals surface area (Å²) in [6.45, 7) is 9.28. The van der Waals surface area contributed by atoms with E-state index in [0.717, 1.165) is 18.1 Å². The lowest BCUT2D eigenvalue weighted by Crippen LogP contribution is -2.41. The zero-order chi connectivity index (χ0) is 15.1. The summed E-state index contributed by atoms with van der Waals surface area (Å²) in [5.74, 6) is 0.950. The Labute approximate surface area is 121 Å². The maximum absolute atomic E-state index is 12.3. The minimum absolute atomic E-state index is 0.00329. The third kappa shape index (κ3) is 4.81. The van der Waals surface area contributed by atoms with Crippen molar-refractivity contribution in [2.75, 3.05) is 25.6 Å². The first-order valence-corrected chi connectivity index (χ1v) is 7.00. The number of aryl methyl sites for hydroxylation is 1. The number of amides is 1. The third-order valence-corrected chi connectivity index (χ3v) is 3.04. The zero-order valence-electron chi connectivity index (χ0n) is 13.0. The molecule has 1 amide bonds. The first kappa shape index (κ1) is 16.4. The number of aromatic nitrogens is 1. The van der Waals surface area contributed by atoms with Gasteiger partial charge >= 0.3 is 0 Å². The molecular formula is C15H25N3O2. The molecule has 1 aromatic rings. The Morgan fingerprint density at radius 3 is 2.65 bits per heavy atom. The van der Waals surface area contributed by atoms with Crippen molar-refractivity contribution in [3.8, 4) is 0 Å². The summed E-state index contributed by atoms with van der Waals surface area (Å²) >= 11 is 0. The van der Waals surface area contributed by atoms with Gasteiger partial charge in [0, 0.05) is 24.9 Å². The van der Waals surface area contributed by atoms with Crippen LogP contribution < -0.4 is 10.6 Å². The van der Waals surface area contributed by atoms with Crippen LogP contribution in [0.1, 0.15) is 36.8 Å². The molecule has 0 fully saturated rings. The summed E-state index contributed by atoms with van der Waals surface area (Å²) in [5, 5.41) is 6.14. The van der Waals surface area contributed by atoms with Crippen LogP contribution in [0.5, 0.6) is 0 Å². The highest BCUT2D eigenvalue weighted by Gasteiger charge is 2.17. The van der Waals surface area contributed by atoms with E-state index in [0.29, 0.717) is 18.1 Å². The van der Waals surface area contributed by atoms with Crippen molar-refractivity contribution in [2.24, 2.45) is 5.92 Å². The lowest BCUT2D eigenvalue weighted by molar-refractivity contribution is 0.0866. The number of carbonyl (C=O) groups is 1. The number of methoxy groups -OCH3 is 1. The molecule has 0 aliphatic rings. The third-order valence-electron chi connectivity index (χ3n) is 3.04. The molecule has 0 bridgehead atoms. The van der Waals surface area contributed by atoms with Crippen LogP contribution in [0.3, 0.4) is 0 Å². The summed E-state index contributed by atoms with van der Waals surface area (Å²) in [6.07, 6.45) is 0. The van der Waals surface area contributed by atoms with Gasteiger partial charge in [-0.25, -0.2) is 4.98 Å². The van der Waals surface area contributed by atoms with Gasteiger partial charge in [-0.3, -0.25) is 4.79 Å². The molecule has 1 heterocycles. The van der Waals surface area contributed by atoms with Crippen molar-refractivity contribution >= 4 is 11.7 Å². The smallest absolute Gasteiger partial charge is 0.251 e. The monoisotopic (exact) mass is 279 g/mol. The molecule has 1 aromatic heterocycles. The van der Waals surface area contributed by atoms with Gasteiger partial charge in [0.05, 0.1) is 12.6 Å². The molecule has 1 atom stereocenters. The van der Waals surface area contributed by atoms with E-state index in [1.807, 2.05) is 13.8 Å². The number of hydrogen-bond acceptors (Lipinski definition) is 4. The molecule has 0 saturated heterocycles. The predicted molar refractivity (Wildman–Crippen MR) is 81.1 cm³/mol. The Hall–Kier alpha value is -1.62. The number of rotatable bonds is 7. The predicted octanol–water partition coefficient (Wildman–Crippen LogP) is 2.22. The zero-order valence-corrected chi connectivity index (χ0v) is 13.0. The molecule has 20 heavy (non-hydrogen) atoms. The first-order valence-electron chi connectivity index (χ1n) is 7.00. The van der Waals surface area contributed by atoms with Gasteiger partial charge in [-0.15, -0.1) is 0 Å². The summed E-state index contributed by atoms with van der Waals surface area (Å²) < 4.78 is 5.15. The number of hydrogen-bond donors (Lipinski definition) is 2. The van der Waals surface area contributed by atoms with Crippen LogP contribution in [0.15, 0.2) is 12.1 Å². The van der Waals surface area contributed by atoms with Crippen molar-refractivity contribution in [1.82, 2.24) is 10.3 Å². The van der Waals surface area contributed by atoms with Gasteiger partial charge in [0.1, 0.15) is 5.82 Å². The highest BCUT2D eigenvalue weighted by atomic mass is 16.5. The molecule has 0 radical (unpaired) electrons. The van der Waals surface area contributed by atoms with Crippen LogP contribution in [0.4, 0.5) is 5.82 Å². The molecule has 2 N–H and O–H groups in total. The largest absolute Gasteiger partial charge is 0.383 e. The second-order valence-corrected chi connectivity index (χ2v) is 5.19. The maximum atomic E-state index is 12.3. The van der Waals surface area contributed by atoms with E-state index in [1.165, 1.54) is 0 Å². The van der Waals surface area contributed by atoms with E-state index < -0.39 is 0 Å². The SMILES string of the molecule is CCNc1cc(C(=O)NC(COC)C(C)C)cc(C)n1. The number of nitrogens with zero attached hydrogens (tertiary/aromatic N) is 1. The standard InChI is InChI=1S/C15H25N3O2/c1-6-16-14-8-12(7-11(4)17-14)15(19)18-13(9-20-5)10(2)3/h7-8,10,13H,6,9H2,1-5H3,(H,16,17)(H,18,19). The molecule has 0 spiro atoms. The van der Waals surface area contributed by atoms with Gasteiger partial charge in [-0.1, -0.05) is 13.8 Å². The molecular weight excluding hydrogens is 254 g/mol. The summed E-state index contributed by atoms with van der Waals surface area (Å²) in [5.41, 5.74) is 1.44. The van der Waals surface area contributed by atoms with Gasteiger partial charge < -0.3 is 15.4 Å². The van der Waals surface area contributed by atoms with Crippen LogP contribution >= 0.6 is 0 Å². The Balaban J connectivity index is 2.85. The Bertz CT molecular complexity index is 447. The van der Waals surface area contributed by atoms with Crippen molar-refractivity contribution in [3.05, 3.63) is 23.4 Å². The van der Waals surface area contributed by atoms with Crippen LogP contribution in [0, 0.1) is 12.8 Å². The fraction of sp³-hybridized carbons (Fsp3) is 0.600. The van der Waals surface area contributed by atoms with E-state index in [1.54, 1.807) is 19.2 Å². The Morgan fingerprint density at radius 2 is 2.10 bits per heavy atom. The molecule has 1 unspecified atom stereocenters. The summed E-state index contributed by atoms with van der Waals surface area (Å²) in [4.78, 5) is 16.7. The van der Waals surface area contributed by atoms with Crippen LogP contribution in [0.25, 0.3) is 0 Å². The van der Waals surface area contributed by atoms with Crippen LogP contribution in [-0.2, 0) is 4.74 Å². The van der Waals surface area contributed by atoms with Crippen LogP contribution in [-0.4, -0.2) is 37.2 Å². The highest BCUT2D eigenvalue weighted by Crippen LogP contribution is 2.11. The molecule has 1 rings (SSSR count). The van der Waals surface area contributed by atoms with Crippen LogP contribution in [0.2, 0.25) is 0 Å². The van der Waals surface area contributed by atoms with Gasteiger partial charge in [0.2, 0.25) is 0 Å². The van der Waals surface area contributed by atoms with Gasteiger partial charge in [-0.05, 0) is 31.9 Å². The fourth-order valence-corrected chi connectivity index (χ4v) is 1.90. The van der Waals surface area contributed by atoms with Gasteiger partial charge in [-0.2, -0.15) is 0 Å². The Kier molecular flexibility index (Phi) is 6.45. The normalized spacial score (nSPS) is 12.3. The molecule has 5 heteroatoms. The number of anilines is 1. The molecule has 0 aliphatic carbocycles. The second kappa shape index (κ2) is 7.85. The van der Waals surface area contributed by atoms with Gasteiger partial charge in [0.25, 0.3) is 5.91 Å². The molecule has 0 aliphatic heterocycles. The minimum Gasteiger partial charge on any atom is -0.383 e. The number of pyridine rings is 1. The summed E-state index contributed by atoms with van der Waals surface area (Å²) in [7, 11) is 1.64. The molecule has 0 saturated carbocycles. The lowest BCUT2D eigenvalue weighted by Gasteiger charge is -2.21. The van der Waals surface area contributed by atoms with Crippen molar-refractivity contribution in [2.45, 2.75) is 33.7 Å². The van der Waals surface area contributed by atoms with Crippen molar-refractivity contribution < 1.29 is 9.53 Å². The topological polar surface area (TPSA) is 63.2 Å². The number of ether oxygens (including phenoxy) is 1. The van der Waals surface area contributed by atoms with E-state index >= 15 is 0 Å². The molecule has 112 valence electrons. The summed E-state index contributed by atoms with van der Waals surface area (Å²) in [6, 6.07) is 3.57. The Morgan fingerprint density at radius 1 is 1.40 bits per heavy atom. The van der Waals surface area contributed by atoms with Crippen molar-refractivity contribution in [3.63, 3.8) is 0 Å². The highest BCUT2D eigenvalue weighted by molar-refractivity contribution is 5.95. The minimum atomic E-state index is -0.0922. The first-order chi connectivity index (χ1) is 9.47. The fourth-order valence-electron chi connectivity index (χ4n) is 1.90. The lowest BCUT2D eigenvalue weighted by atomic mass is 10.0. The van der Waals surface area contributed by atoms with E-state index in [9.17, 15) is 4.79 Å². The molecule has 5 nitrogen and oxygen atoms in total. The number of nitrogens with one attached hydrogen (secondary N) is 2. The van der Waals surface area contributed by atoms with E-state index in [-0.39, 0.29) is 11.9 Å². The average molecular weight is 279 g/mol. The van der Waals surface area contributed by atoms with Gasteiger partial charge in [0.15, 0.2) is 0 Å². The quantitative estimate of drug-likeness (QED) is 0.803. The van der Waals surface area contributed by atoms with Crippen molar-refractivity contribution in [1.29, 1.82) is 0 Å². The van der Waals surface area contributed by atoms with E-state index in [4.69, 9.17) is 4.74 Å². The molecule has 0 aromatic carbocycles. The van der Waals surface area contributed by atoms with E-state index in [2.05, 4.69) is 29.5 Å². The number of carbonyl (C=O) groups excluding carboxylic acids is 1.